The molecular weight excluding hydrogens is 404 g/mol. The minimum atomic E-state index is -0.491. The third kappa shape index (κ3) is 3.88. The lowest BCUT2D eigenvalue weighted by molar-refractivity contribution is -0.380. The molecule has 3 saturated heterocycles. The van der Waals surface area contributed by atoms with Crippen LogP contribution in [0.25, 0.3) is 0 Å². The van der Waals surface area contributed by atoms with Crippen LogP contribution in [0.5, 0.6) is 0 Å². The molecule has 4 rings (SSSR count). The van der Waals surface area contributed by atoms with Crippen LogP contribution >= 0.6 is 23.7 Å². The predicted octanol–water partition coefficient (Wildman–Crippen LogP) is 2.28. The largest absolute Gasteiger partial charge is 0.341 e. The van der Waals surface area contributed by atoms with Crippen molar-refractivity contribution in [1.82, 2.24) is 15.1 Å². The Hall–Kier alpha value is -1.71. The highest BCUT2D eigenvalue weighted by Gasteiger charge is 2.42. The van der Waals surface area contributed by atoms with Crippen LogP contribution in [0.15, 0.2) is 12.1 Å². The van der Waals surface area contributed by atoms with E-state index >= 15 is 0 Å². The topological polar surface area (TPSA) is 95.8 Å². The fourth-order valence-electron chi connectivity index (χ4n) is 4.58. The number of nitro groups is 1. The van der Waals surface area contributed by atoms with E-state index in [1.54, 1.807) is 4.90 Å². The number of nitrogens with one attached hydrogen (secondary N) is 1. The van der Waals surface area contributed by atoms with Crippen molar-refractivity contribution in [1.29, 1.82) is 0 Å². The Labute approximate surface area is 173 Å². The van der Waals surface area contributed by atoms with E-state index in [4.69, 9.17) is 0 Å². The normalized spacial score (nSPS) is 23.6. The predicted molar refractivity (Wildman–Crippen MR) is 108 cm³/mol. The summed E-state index contributed by atoms with van der Waals surface area (Å²) in [6, 6.07) is 2.40. The summed E-state index contributed by atoms with van der Waals surface area (Å²) in [6.07, 6.45) is 4.67. The molecule has 1 N–H and O–H groups in total. The number of rotatable bonds is 3. The zero-order valence-electron chi connectivity index (χ0n) is 15.6. The molecule has 1 aromatic rings. The van der Waals surface area contributed by atoms with Crippen molar-refractivity contribution >= 4 is 40.6 Å². The number of amides is 2. The molecule has 3 aliphatic rings. The summed E-state index contributed by atoms with van der Waals surface area (Å²) in [5.41, 5.74) is 0.345. The summed E-state index contributed by atoms with van der Waals surface area (Å²) in [7, 11) is 0. The number of carbonyl (C=O) groups is 2. The van der Waals surface area contributed by atoms with E-state index in [-0.39, 0.29) is 29.2 Å². The Balaban J connectivity index is 0.00000225. The van der Waals surface area contributed by atoms with Crippen molar-refractivity contribution in [3.8, 4) is 0 Å². The summed E-state index contributed by atoms with van der Waals surface area (Å²) in [5, 5.41) is 14.2. The Morgan fingerprint density at radius 3 is 2.57 bits per heavy atom. The number of nitrogens with zero attached hydrogens (tertiary/aromatic N) is 3. The first-order valence-corrected chi connectivity index (χ1v) is 10.4. The van der Waals surface area contributed by atoms with Gasteiger partial charge in [0, 0.05) is 32.2 Å². The van der Waals surface area contributed by atoms with Crippen LogP contribution in [0.1, 0.15) is 41.8 Å². The van der Waals surface area contributed by atoms with Crippen LogP contribution in [0.2, 0.25) is 0 Å². The van der Waals surface area contributed by atoms with Crippen molar-refractivity contribution in [3.63, 3.8) is 0 Å². The second kappa shape index (κ2) is 8.34. The molecule has 3 fully saturated rings. The lowest BCUT2D eigenvalue weighted by Crippen LogP contribution is -2.51. The van der Waals surface area contributed by atoms with Gasteiger partial charge in [-0.2, -0.15) is 0 Å². The molecule has 28 heavy (non-hydrogen) atoms. The number of hydrogen-bond donors (Lipinski definition) is 1. The minimum Gasteiger partial charge on any atom is -0.341 e. The van der Waals surface area contributed by atoms with Crippen molar-refractivity contribution in [2.24, 2.45) is 5.41 Å². The van der Waals surface area contributed by atoms with Gasteiger partial charge >= 0.3 is 5.00 Å². The molecular formula is C18H25ClN4O4S. The molecule has 0 aliphatic carbocycles. The average Bonchev–Trinajstić information content (AvgIpc) is 3.42. The van der Waals surface area contributed by atoms with E-state index in [9.17, 15) is 19.7 Å². The Kier molecular flexibility index (Phi) is 6.26. The third-order valence-corrected chi connectivity index (χ3v) is 7.27. The fourth-order valence-corrected chi connectivity index (χ4v) is 5.36. The number of halogens is 1. The first-order chi connectivity index (χ1) is 13.0. The van der Waals surface area contributed by atoms with Gasteiger partial charge in [-0.25, -0.2) is 0 Å². The number of thiophene rings is 1. The lowest BCUT2D eigenvalue weighted by Gasteiger charge is -2.40. The molecule has 1 aromatic heterocycles. The standard InChI is InChI=1S/C18H24N4O4S.ClH/c23-16(20-10-6-18(7-11-20)5-8-19-12-18)13-2-1-9-21(13)17(24)14-3-4-15(27-14)22(25)26;/h3-4,13,19H,1-2,5-12H2;1H. The summed E-state index contributed by atoms with van der Waals surface area (Å²) in [6.45, 7) is 4.14. The molecule has 0 radical (unpaired) electrons. The zero-order valence-corrected chi connectivity index (χ0v) is 17.2. The van der Waals surface area contributed by atoms with E-state index in [2.05, 4.69) is 5.32 Å². The molecule has 2 amide bonds. The van der Waals surface area contributed by atoms with Crippen LogP contribution in [-0.2, 0) is 4.79 Å². The Bertz CT molecular complexity index is 755. The first kappa shape index (κ1) is 21.0. The van der Waals surface area contributed by atoms with Crippen molar-refractivity contribution in [2.45, 2.75) is 38.1 Å². The highest BCUT2D eigenvalue weighted by molar-refractivity contribution is 7.17. The smallest absolute Gasteiger partial charge is 0.324 e. The van der Waals surface area contributed by atoms with E-state index in [0.717, 1.165) is 56.8 Å². The summed E-state index contributed by atoms with van der Waals surface area (Å²) < 4.78 is 0. The molecule has 0 aromatic carbocycles. The molecule has 0 saturated carbocycles. The average molecular weight is 429 g/mol. The Morgan fingerprint density at radius 2 is 1.96 bits per heavy atom. The van der Waals surface area contributed by atoms with Gasteiger partial charge in [0.2, 0.25) is 5.91 Å². The van der Waals surface area contributed by atoms with Gasteiger partial charge in [0.1, 0.15) is 6.04 Å². The SMILES string of the molecule is Cl.O=C(C1CCCN1C(=O)c1ccc([N+](=O)[O-])s1)N1CCC2(CCNC2)CC1. The molecule has 3 aliphatic heterocycles. The number of likely N-dealkylation sites (tertiary alicyclic amines) is 2. The maximum atomic E-state index is 13.1. The number of piperidine rings is 1. The van der Waals surface area contributed by atoms with Gasteiger partial charge in [-0.05, 0) is 50.1 Å². The molecule has 1 spiro atoms. The maximum absolute atomic E-state index is 13.1. The van der Waals surface area contributed by atoms with Crippen LogP contribution in [0, 0.1) is 15.5 Å². The monoisotopic (exact) mass is 428 g/mol. The van der Waals surface area contributed by atoms with Gasteiger partial charge in [0.25, 0.3) is 5.91 Å². The van der Waals surface area contributed by atoms with E-state index in [1.165, 1.54) is 18.6 Å². The van der Waals surface area contributed by atoms with E-state index < -0.39 is 11.0 Å². The minimum absolute atomic E-state index is 0. The first-order valence-electron chi connectivity index (χ1n) is 9.54. The molecule has 4 heterocycles. The van der Waals surface area contributed by atoms with Gasteiger partial charge in [0.15, 0.2) is 0 Å². The van der Waals surface area contributed by atoms with Gasteiger partial charge in [-0.1, -0.05) is 11.3 Å². The zero-order chi connectivity index (χ0) is 19.0. The van der Waals surface area contributed by atoms with Crippen LogP contribution < -0.4 is 5.32 Å². The van der Waals surface area contributed by atoms with E-state index in [0.29, 0.717) is 23.3 Å². The van der Waals surface area contributed by atoms with Crippen LogP contribution in [0.4, 0.5) is 5.00 Å². The molecule has 8 nitrogen and oxygen atoms in total. The van der Waals surface area contributed by atoms with Crippen molar-refractivity contribution in [3.05, 3.63) is 27.1 Å². The van der Waals surface area contributed by atoms with E-state index in [1.807, 2.05) is 4.90 Å². The van der Waals surface area contributed by atoms with Crippen LogP contribution in [-0.4, -0.2) is 65.3 Å². The molecule has 1 atom stereocenters. The van der Waals surface area contributed by atoms with Crippen molar-refractivity contribution < 1.29 is 14.5 Å². The van der Waals surface area contributed by atoms with Gasteiger partial charge in [0.05, 0.1) is 9.80 Å². The van der Waals surface area contributed by atoms with Gasteiger partial charge < -0.3 is 15.1 Å². The third-order valence-electron chi connectivity index (χ3n) is 6.25. The molecule has 0 bridgehead atoms. The van der Waals surface area contributed by atoms with Crippen LogP contribution in [0.3, 0.4) is 0 Å². The molecule has 154 valence electrons. The number of hydrogen-bond acceptors (Lipinski definition) is 6. The molecule has 10 heteroatoms. The summed E-state index contributed by atoms with van der Waals surface area (Å²) >= 11 is 0.876. The fraction of sp³-hybridized carbons (Fsp3) is 0.667. The lowest BCUT2D eigenvalue weighted by atomic mass is 9.77. The van der Waals surface area contributed by atoms with Gasteiger partial charge in [-0.15, -0.1) is 12.4 Å². The van der Waals surface area contributed by atoms with Gasteiger partial charge in [-0.3, -0.25) is 19.7 Å². The second-order valence-electron chi connectivity index (χ2n) is 7.80. The highest BCUT2D eigenvalue weighted by Crippen LogP contribution is 2.37. The second-order valence-corrected chi connectivity index (χ2v) is 8.87. The summed E-state index contributed by atoms with van der Waals surface area (Å²) in [4.78, 5) is 40.1. The quantitative estimate of drug-likeness (QED) is 0.588. The number of carbonyl (C=O) groups excluding carboxylic acids is 2. The highest BCUT2D eigenvalue weighted by atomic mass is 35.5. The Morgan fingerprint density at radius 1 is 1.21 bits per heavy atom. The van der Waals surface area contributed by atoms with Crippen molar-refractivity contribution in [2.75, 3.05) is 32.7 Å². The maximum Gasteiger partial charge on any atom is 0.324 e. The molecule has 1 unspecified atom stereocenters. The summed E-state index contributed by atoms with van der Waals surface area (Å²) in [5.74, 6) is -0.231.